The number of hydrogen-bond acceptors (Lipinski definition) is 3. The summed E-state index contributed by atoms with van der Waals surface area (Å²) >= 11 is 0. The maximum absolute atomic E-state index is 12.0. The fourth-order valence-electron chi connectivity index (χ4n) is 3.03. The number of likely N-dealkylation sites (tertiary alicyclic amines) is 2. The second kappa shape index (κ2) is 5.36. The average molecular weight is 239 g/mol. The van der Waals surface area contributed by atoms with E-state index in [1.54, 1.807) is 0 Å². The highest BCUT2D eigenvalue weighted by Gasteiger charge is 2.35. The first-order chi connectivity index (χ1) is 8.11. The predicted molar refractivity (Wildman–Crippen MR) is 68.6 cm³/mol. The molecule has 4 heteroatoms. The Bertz CT molecular complexity index is 280. The van der Waals surface area contributed by atoms with Crippen molar-refractivity contribution in [2.24, 2.45) is 11.7 Å². The van der Waals surface area contributed by atoms with Crippen LogP contribution in [0.4, 0.5) is 0 Å². The third-order valence-electron chi connectivity index (χ3n) is 4.17. The van der Waals surface area contributed by atoms with E-state index in [1.807, 2.05) is 0 Å². The second-order valence-corrected chi connectivity index (χ2v) is 5.74. The van der Waals surface area contributed by atoms with E-state index in [1.165, 1.54) is 13.0 Å². The van der Waals surface area contributed by atoms with Crippen LogP contribution < -0.4 is 5.73 Å². The summed E-state index contributed by atoms with van der Waals surface area (Å²) in [7, 11) is 0. The molecular weight excluding hydrogens is 214 g/mol. The van der Waals surface area contributed by atoms with Crippen LogP contribution in [0.3, 0.4) is 0 Å². The molecule has 0 bridgehead atoms. The van der Waals surface area contributed by atoms with Gasteiger partial charge in [0.15, 0.2) is 0 Å². The molecule has 2 unspecified atom stereocenters. The lowest BCUT2D eigenvalue weighted by atomic mass is 10.0. The smallest absolute Gasteiger partial charge is 0.223 e. The topological polar surface area (TPSA) is 49.6 Å². The van der Waals surface area contributed by atoms with Crippen molar-refractivity contribution < 1.29 is 4.79 Å². The molecule has 2 rings (SSSR count). The van der Waals surface area contributed by atoms with Gasteiger partial charge in [0.25, 0.3) is 0 Å². The van der Waals surface area contributed by atoms with E-state index in [4.69, 9.17) is 5.73 Å². The molecule has 2 atom stereocenters. The Morgan fingerprint density at radius 2 is 2.18 bits per heavy atom. The van der Waals surface area contributed by atoms with Crippen LogP contribution in [-0.2, 0) is 4.79 Å². The minimum absolute atomic E-state index is 0.316. The molecule has 98 valence electrons. The maximum atomic E-state index is 12.0. The number of carbonyl (C=O) groups excluding carboxylic acids is 1. The van der Waals surface area contributed by atoms with Crippen molar-refractivity contribution in [3.8, 4) is 0 Å². The summed E-state index contributed by atoms with van der Waals surface area (Å²) in [5.41, 5.74) is 5.67. The standard InChI is InChI=1S/C13H25N3O/c1-10(2)15-5-3-4-12(9-15)16-8-11(7-14)6-13(16)17/h10-12H,3-9,14H2,1-2H3. The monoisotopic (exact) mass is 239 g/mol. The van der Waals surface area contributed by atoms with E-state index in [-0.39, 0.29) is 0 Å². The Hall–Kier alpha value is -0.610. The van der Waals surface area contributed by atoms with E-state index in [2.05, 4.69) is 23.6 Å². The van der Waals surface area contributed by atoms with Gasteiger partial charge in [-0.05, 0) is 45.7 Å². The van der Waals surface area contributed by atoms with Crippen molar-refractivity contribution in [1.82, 2.24) is 9.80 Å². The zero-order valence-corrected chi connectivity index (χ0v) is 11.1. The minimum Gasteiger partial charge on any atom is -0.338 e. The van der Waals surface area contributed by atoms with Crippen molar-refractivity contribution >= 4 is 5.91 Å². The summed E-state index contributed by atoms with van der Waals surface area (Å²) in [6.07, 6.45) is 3.03. The molecular formula is C13H25N3O. The highest BCUT2D eigenvalue weighted by Crippen LogP contribution is 2.25. The van der Waals surface area contributed by atoms with Gasteiger partial charge >= 0.3 is 0 Å². The van der Waals surface area contributed by atoms with Gasteiger partial charge in [-0.1, -0.05) is 0 Å². The second-order valence-electron chi connectivity index (χ2n) is 5.74. The molecule has 2 fully saturated rings. The number of rotatable bonds is 3. The summed E-state index contributed by atoms with van der Waals surface area (Å²) in [6, 6.07) is 1.01. The van der Waals surface area contributed by atoms with E-state index in [0.717, 1.165) is 19.5 Å². The lowest BCUT2D eigenvalue weighted by Crippen LogP contribution is -2.50. The van der Waals surface area contributed by atoms with Crippen LogP contribution in [0.2, 0.25) is 0 Å². The summed E-state index contributed by atoms with van der Waals surface area (Å²) in [5, 5.41) is 0. The van der Waals surface area contributed by atoms with Gasteiger partial charge in [-0.15, -0.1) is 0 Å². The van der Waals surface area contributed by atoms with Crippen LogP contribution in [0.1, 0.15) is 33.1 Å². The normalized spacial score (nSPS) is 31.5. The Labute approximate surface area is 104 Å². The summed E-state index contributed by atoms with van der Waals surface area (Å²) in [6.45, 7) is 8.21. The van der Waals surface area contributed by atoms with Crippen LogP contribution in [0.25, 0.3) is 0 Å². The van der Waals surface area contributed by atoms with E-state index in [0.29, 0.717) is 36.9 Å². The summed E-state index contributed by atoms with van der Waals surface area (Å²) < 4.78 is 0. The lowest BCUT2D eigenvalue weighted by Gasteiger charge is -2.39. The highest BCUT2D eigenvalue weighted by molar-refractivity contribution is 5.79. The third kappa shape index (κ3) is 2.80. The molecule has 4 nitrogen and oxygen atoms in total. The molecule has 2 saturated heterocycles. The molecule has 0 radical (unpaired) electrons. The molecule has 2 aliphatic rings. The molecule has 2 N–H and O–H groups in total. The van der Waals surface area contributed by atoms with E-state index >= 15 is 0 Å². The molecule has 17 heavy (non-hydrogen) atoms. The fourth-order valence-corrected chi connectivity index (χ4v) is 3.03. The maximum Gasteiger partial charge on any atom is 0.223 e. The van der Waals surface area contributed by atoms with Crippen molar-refractivity contribution in [3.05, 3.63) is 0 Å². The third-order valence-corrected chi connectivity index (χ3v) is 4.17. The van der Waals surface area contributed by atoms with Crippen LogP contribution in [0.15, 0.2) is 0 Å². The number of piperidine rings is 1. The number of hydrogen-bond donors (Lipinski definition) is 1. The first kappa shape index (κ1) is 12.8. The molecule has 0 aliphatic carbocycles. The van der Waals surface area contributed by atoms with Gasteiger partial charge in [-0.25, -0.2) is 0 Å². The van der Waals surface area contributed by atoms with Crippen molar-refractivity contribution in [2.75, 3.05) is 26.2 Å². The van der Waals surface area contributed by atoms with Gasteiger partial charge in [0.05, 0.1) is 0 Å². The van der Waals surface area contributed by atoms with Crippen LogP contribution in [0.5, 0.6) is 0 Å². The lowest BCUT2D eigenvalue weighted by molar-refractivity contribution is -0.130. The van der Waals surface area contributed by atoms with Crippen LogP contribution in [0, 0.1) is 5.92 Å². The number of carbonyl (C=O) groups is 1. The van der Waals surface area contributed by atoms with Gasteiger partial charge in [-0.2, -0.15) is 0 Å². The first-order valence-electron chi connectivity index (χ1n) is 6.85. The largest absolute Gasteiger partial charge is 0.338 e. The fraction of sp³-hybridized carbons (Fsp3) is 0.923. The highest BCUT2D eigenvalue weighted by atomic mass is 16.2. The summed E-state index contributed by atoms with van der Waals surface area (Å²) in [4.78, 5) is 16.5. The molecule has 0 saturated carbocycles. The Balaban J connectivity index is 1.95. The van der Waals surface area contributed by atoms with Crippen molar-refractivity contribution in [3.63, 3.8) is 0 Å². The van der Waals surface area contributed by atoms with Gasteiger partial charge in [0.1, 0.15) is 0 Å². The van der Waals surface area contributed by atoms with Crippen LogP contribution >= 0.6 is 0 Å². The van der Waals surface area contributed by atoms with E-state index < -0.39 is 0 Å². The molecule has 2 heterocycles. The number of nitrogens with zero attached hydrogens (tertiary/aromatic N) is 2. The zero-order valence-electron chi connectivity index (χ0n) is 11.1. The molecule has 2 aliphatic heterocycles. The molecule has 0 aromatic carbocycles. The van der Waals surface area contributed by atoms with Gasteiger partial charge in [0.2, 0.25) is 5.91 Å². The summed E-state index contributed by atoms with van der Waals surface area (Å²) in [5.74, 6) is 0.702. The quantitative estimate of drug-likeness (QED) is 0.787. The Kier molecular flexibility index (Phi) is 4.05. The van der Waals surface area contributed by atoms with Crippen LogP contribution in [-0.4, -0.2) is 54.0 Å². The average Bonchev–Trinajstić information content (AvgIpc) is 2.71. The molecule has 1 amide bonds. The predicted octanol–water partition coefficient (Wildman–Crippen LogP) is 0.666. The van der Waals surface area contributed by atoms with Gasteiger partial charge in [-0.3, -0.25) is 9.69 Å². The number of nitrogens with two attached hydrogens (primary N) is 1. The Morgan fingerprint density at radius 1 is 1.41 bits per heavy atom. The van der Waals surface area contributed by atoms with E-state index in [9.17, 15) is 4.79 Å². The van der Waals surface area contributed by atoms with Crippen molar-refractivity contribution in [1.29, 1.82) is 0 Å². The zero-order chi connectivity index (χ0) is 12.4. The SMILES string of the molecule is CC(C)N1CCCC(N2CC(CN)CC2=O)C1. The minimum atomic E-state index is 0.316. The number of amides is 1. The molecule has 0 aromatic heterocycles. The first-order valence-corrected chi connectivity index (χ1v) is 6.85. The molecule has 0 spiro atoms. The van der Waals surface area contributed by atoms with Gasteiger partial charge in [0, 0.05) is 31.6 Å². The van der Waals surface area contributed by atoms with Gasteiger partial charge < -0.3 is 10.6 Å². The molecule has 0 aromatic rings. The Morgan fingerprint density at radius 3 is 2.76 bits per heavy atom. The van der Waals surface area contributed by atoms with Crippen molar-refractivity contribution in [2.45, 2.75) is 45.2 Å².